The zero-order chi connectivity index (χ0) is 26.9. The number of hydrogen-bond donors (Lipinski definition) is 0. The molecule has 4 rings (SSSR count). The van der Waals surface area contributed by atoms with Gasteiger partial charge in [0.2, 0.25) is 0 Å². The van der Waals surface area contributed by atoms with Gasteiger partial charge in [-0.05, 0) is 67.6 Å². The fraction of sp³-hybridized carbons (Fsp3) is 0.333. The molecule has 0 saturated carbocycles. The van der Waals surface area contributed by atoms with Gasteiger partial charge in [-0.1, -0.05) is 32.0 Å². The van der Waals surface area contributed by atoms with Crippen LogP contribution in [0.2, 0.25) is 0 Å². The number of ether oxygens (including phenoxy) is 3. The minimum absolute atomic E-state index is 0.0291. The molecule has 6 nitrogen and oxygen atoms in total. The minimum Gasteiger partial charge on any atom is -0.743 e. The van der Waals surface area contributed by atoms with Gasteiger partial charge in [0.25, 0.3) is 0 Å². The summed E-state index contributed by atoms with van der Waals surface area (Å²) in [4.78, 5) is 2.96. The highest BCUT2D eigenvalue weighted by atomic mass is 32.2. The Balaban J connectivity index is 1.58. The molecule has 1 atom stereocenters. The van der Waals surface area contributed by atoms with Crippen molar-refractivity contribution in [2.75, 3.05) is 19.8 Å². The molecule has 0 N–H and O–H groups in total. The van der Waals surface area contributed by atoms with Gasteiger partial charge in [-0.3, -0.25) is 0 Å². The van der Waals surface area contributed by atoms with Crippen molar-refractivity contribution >= 4 is 21.0 Å². The molecule has 0 spiro atoms. The number of halogens is 2. The molecular formula is C27H28F2O6S2. The third-order valence-electron chi connectivity index (χ3n) is 5.90. The third kappa shape index (κ3) is 6.32. The maximum Gasteiger partial charge on any atom is 0.367 e. The first-order valence-corrected chi connectivity index (χ1v) is 14.2. The molecule has 0 bridgehead atoms. The van der Waals surface area contributed by atoms with Gasteiger partial charge in [0.1, 0.15) is 5.75 Å². The Hall–Kier alpha value is -2.50. The molecule has 0 aromatic heterocycles. The van der Waals surface area contributed by atoms with Gasteiger partial charge in [0.15, 0.2) is 37.2 Å². The summed E-state index contributed by atoms with van der Waals surface area (Å²) in [5.41, 5.74) is 0.857. The lowest BCUT2D eigenvalue weighted by Gasteiger charge is -2.41. The molecule has 3 aromatic carbocycles. The van der Waals surface area contributed by atoms with Crippen molar-refractivity contribution in [1.29, 1.82) is 0 Å². The molecule has 0 amide bonds. The van der Waals surface area contributed by atoms with Gasteiger partial charge in [-0.25, -0.2) is 8.42 Å². The van der Waals surface area contributed by atoms with Gasteiger partial charge in [0, 0.05) is 11.0 Å². The monoisotopic (exact) mass is 550 g/mol. The summed E-state index contributed by atoms with van der Waals surface area (Å²) in [6, 6.07) is 24.3. The number of alkyl halides is 2. The van der Waals surface area contributed by atoms with Crippen LogP contribution in [-0.2, 0) is 36.3 Å². The van der Waals surface area contributed by atoms with E-state index in [2.05, 4.69) is 13.8 Å². The van der Waals surface area contributed by atoms with Crippen LogP contribution in [-0.4, -0.2) is 38.0 Å². The molecule has 1 aliphatic heterocycles. The van der Waals surface area contributed by atoms with E-state index in [0.29, 0.717) is 13.2 Å². The van der Waals surface area contributed by atoms with E-state index in [4.69, 9.17) is 14.2 Å². The Morgan fingerprint density at radius 2 is 1.35 bits per heavy atom. The first-order valence-electron chi connectivity index (χ1n) is 11.5. The van der Waals surface area contributed by atoms with Crippen molar-refractivity contribution in [3.05, 3.63) is 84.4 Å². The summed E-state index contributed by atoms with van der Waals surface area (Å²) in [7, 11) is -6.34. The van der Waals surface area contributed by atoms with Crippen molar-refractivity contribution in [3.63, 3.8) is 0 Å². The quantitative estimate of drug-likeness (QED) is 0.270. The van der Waals surface area contributed by atoms with E-state index in [9.17, 15) is 21.8 Å². The van der Waals surface area contributed by atoms with Crippen LogP contribution in [0, 0.1) is 5.41 Å². The van der Waals surface area contributed by atoms with Gasteiger partial charge in [-0.2, -0.15) is 8.78 Å². The molecule has 37 heavy (non-hydrogen) atoms. The molecule has 0 aliphatic carbocycles. The number of hydrogen-bond acceptors (Lipinski definition) is 6. The van der Waals surface area contributed by atoms with Crippen LogP contribution >= 0.6 is 0 Å². The average Bonchev–Trinajstić information content (AvgIpc) is 2.86. The van der Waals surface area contributed by atoms with Crippen molar-refractivity contribution in [1.82, 2.24) is 0 Å². The second-order valence-corrected chi connectivity index (χ2v) is 13.2. The van der Waals surface area contributed by atoms with Crippen LogP contribution in [0.25, 0.3) is 0 Å². The lowest BCUT2D eigenvalue weighted by atomic mass is 9.94. The van der Waals surface area contributed by atoms with Crippen LogP contribution < -0.4 is 4.74 Å². The third-order valence-corrected chi connectivity index (χ3v) is 8.98. The summed E-state index contributed by atoms with van der Waals surface area (Å²) >= 11 is 0. The van der Waals surface area contributed by atoms with E-state index in [1.165, 1.54) is 12.1 Å². The highest BCUT2D eigenvalue weighted by Gasteiger charge is 2.40. The minimum atomic E-state index is -5.81. The molecule has 198 valence electrons. The van der Waals surface area contributed by atoms with Crippen LogP contribution in [0.4, 0.5) is 8.78 Å². The Morgan fingerprint density at radius 3 is 1.86 bits per heavy atom. The van der Waals surface area contributed by atoms with Gasteiger partial charge in [-0.15, -0.1) is 0 Å². The summed E-state index contributed by atoms with van der Waals surface area (Å²) in [5, 5.41) is -4.51. The SMILES string of the molecule is CC1(C)COC(C)(c2ccc([S+](c3ccccc3)c3ccc(OCC(F)(F)S(=O)(=O)[O-])cc3)cc2)OC1. The molecule has 1 fully saturated rings. The van der Waals surface area contributed by atoms with Crippen LogP contribution in [0.1, 0.15) is 26.3 Å². The average molecular weight is 551 g/mol. The normalized spacial score (nSPS) is 18.2. The molecule has 1 saturated heterocycles. The van der Waals surface area contributed by atoms with E-state index in [1.807, 2.05) is 61.5 Å². The standard InChI is InChI=1S/C27H28F2O6S2/c1-25(2)17-34-26(3,35-18-25)20-9-13-23(14-10-20)36(22-7-5-4-6-8-22)24-15-11-21(12-16-24)33-19-27(28,29)37(30,31)32/h4-16H,17-19H2,1-3H3. The Labute approximate surface area is 218 Å². The summed E-state index contributed by atoms with van der Waals surface area (Å²) in [6.07, 6.45) is 0. The molecule has 1 unspecified atom stereocenters. The lowest BCUT2D eigenvalue weighted by Crippen LogP contribution is -2.43. The molecule has 1 heterocycles. The lowest BCUT2D eigenvalue weighted by molar-refractivity contribution is -0.298. The molecule has 1 aliphatic rings. The highest BCUT2D eigenvalue weighted by Crippen LogP contribution is 2.38. The van der Waals surface area contributed by atoms with E-state index in [-0.39, 0.29) is 11.2 Å². The van der Waals surface area contributed by atoms with Gasteiger partial charge in [0.05, 0.1) is 24.1 Å². The van der Waals surface area contributed by atoms with Crippen LogP contribution in [0.5, 0.6) is 5.75 Å². The largest absolute Gasteiger partial charge is 0.743 e. The number of benzene rings is 3. The zero-order valence-electron chi connectivity index (χ0n) is 20.6. The summed E-state index contributed by atoms with van der Waals surface area (Å²) < 4.78 is 76.1. The summed E-state index contributed by atoms with van der Waals surface area (Å²) in [5.74, 6) is -0.806. The fourth-order valence-electron chi connectivity index (χ4n) is 3.69. The predicted molar refractivity (Wildman–Crippen MR) is 135 cm³/mol. The Bertz CT molecular complexity index is 1300. The van der Waals surface area contributed by atoms with Crippen molar-refractivity contribution in [3.8, 4) is 5.75 Å². The molecule has 10 heteroatoms. The Kier molecular flexibility index (Phi) is 7.69. The van der Waals surface area contributed by atoms with E-state index >= 15 is 0 Å². The summed E-state index contributed by atoms with van der Waals surface area (Å²) in [6.45, 7) is 5.71. The maximum absolute atomic E-state index is 13.5. The smallest absolute Gasteiger partial charge is 0.367 e. The van der Waals surface area contributed by atoms with Crippen molar-refractivity contribution in [2.45, 2.75) is 46.5 Å². The molecule has 0 radical (unpaired) electrons. The topological polar surface area (TPSA) is 84.9 Å². The Morgan fingerprint density at radius 1 is 0.865 bits per heavy atom. The second kappa shape index (κ2) is 10.3. The van der Waals surface area contributed by atoms with E-state index in [1.54, 1.807) is 12.1 Å². The predicted octanol–water partition coefficient (Wildman–Crippen LogP) is 5.54. The maximum atomic E-state index is 13.5. The first-order chi connectivity index (χ1) is 17.3. The number of rotatable bonds is 8. The second-order valence-electron chi connectivity index (χ2n) is 9.68. The molecular weight excluding hydrogens is 522 g/mol. The zero-order valence-corrected chi connectivity index (χ0v) is 22.3. The van der Waals surface area contributed by atoms with Crippen LogP contribution in [0.3, 0.4) is 0 Å². The van der Waals surface area contributed by atoms with Crippen molar-refractivity contribution in [2.24, 2.45) is 5.41 Å². The van der Waals surface area contributed by atoms with Gasteiger partial charge >= 0.3 is 5.25 Å². The fourth-order valence-corrected chi connectivity index (χ4v) is 5.95. The first kappa shape index (κ1) is 27.5. The highest BCUT2D eigenvalue weighted by molar-refractivity contribution is 7.97. The van der Waals surface area contributed by atoms with Gasteiger partial charge < -0.3 is 18.8 Å². The van der Waals surface area contributed by atoms with Crippen molar-refractivity contribution < 1.29 is 36.0 Å². The molecule has 3 aromatic rings. The van der Waals surface area contributed by atoms with E-state index < -0.39 is 38.7 Å². The van der Waals surface area contributed by atoms with E-state index in [0.717, 1.165) is 20.2 Å². The van der Waals surface area contributed by atoms with Crippen LogP contribution in [0.15, 0.2) is 93.5 Å².